The van der Waals surface area contributed by atoms with E-state index in [0.29, 0.717) is 12.5 Å². The van der Waals surface area contributed by atoms with E-state index < -0.39 is 6.10 Å². The number of nitrogens with zero attached hydrogens (tertiary/aromatic N) is 1. The van der Waals surface area contributed by atoms with Gasteiger partial charge in [0.2, 0.25) is 5.91 Å². The molecule has 0 saturated carbocycles. The number of carbonyl (C=O) groups is 2. The highest BCUT2D eigenvalue weighted by Gasteiger charge is 2.31. The average molecular weight is 246 g/mol. The zero-order chi connectivity index (χ0) is 12.1. The van der Waals surface area contributed by atoms with Gasteiger partial charge in [0.1, 0.15) is 0 Å². The second-order valence-corrected chi connectivity index (χ2v) is 5.19. The van der Waals surface area contributed by atoms with Gasteiger partial charge < -0.3 is 10.4 Å². The molecule has 0 aliphatic carbocycles. The molecule has 0 aromatic heterocycles. The zero-order valence-corrected chi connectivity index (χ0v) is 10.4. The molecule has 92 valence electrons. The Morgan fingerprint density at radius 3 is 2.62 bits per heavy atom. The monoisotopic (exact) mass is 246 g/mol. The molecule has 1 aliphatic rings. The minimum Gasteiger partial charge on any atom is -0.390 e. The maximum Gasteiger partial charge on any atom is 0.288 e. The Balaban J connectivity index is 2.25. The number of carbonyl (C=O) groups excluding carboxylic acids is 2. The van der Waals surface area contributed by atoms with Gasteiger partial charge in [-0.3, -0.25) is 14.5 Å². The minimum absolute atomic E-state index is 0.0930. The molecule has 1 aliphatic heterocycles. The summed E-state index contributed by atoms with van der Waals surface area (Å²) >= 11 is 0.990. The van der Waals surface area contributed by atoms with Gasteiger partial charge in [0, 0.05) is 6.54 Å². The van der Waals surface area contributed by atoms with Crippen molar-refractivity contribution in [2.24, 2.45) is 5.92 Å². The van der Waals surface area contributed by atoms with Gasteiger partial charge in [-0.1, -0.05) is 25.6 Å². The highest BCUT2D eigenvalue weighted by molar-refractivity contribution is 8.14. The second kappa shape index (κ2) is 6.22. The van der Waals surface area contributed by atoms with Crippen molar-refractivity contribution in [3.63, 3.8) is 0 Å². The van der Waals surface area contributed by atoms with Crippen LogP contribution in [0.5, 0.6) is 0 Å². The largest absolute Gasteiger partial charge is 0.390 e. The van der Waals surface area contributed by atoms with Crippen molar-refractivity contribution in [3.8, 4) is 0 Å². The van der Waals surface area contributed by atoms with Crippen LogP contribution < -0.4 is 5.32 Å². The Hall–Kier alpha value is -0.590. The molecule has 16 heavy (non-hydrogen) atoms. The van der Waals surface area contributed by atoms with E-state index in [2.05, 4.69) is 19.2 Å². The summed E-state index contributed by atoms with van der Waals surface area (Å²) in [6, 6.07) is 0. The first-order chi connectivity index (χ1) is 7.50. The minimum atomic E-state index is -0.689. The lowest BCUT2D eigenvalue weighted by Crippen LogP contribution is -2.41. The summed E-state index contributed by atoms with van der Waals surface area (Å²) in [5.41, 5.74) is 0. The number of nitrogens with one attached hydrogen (secondary N) is 1. The van der Waals surface area contributed by atoms with Gasteiger partial charge in [0.25, 0.3) is 5.24 Å². The third-order valence-corrected chi connectivity index (χ3v) is 3.03. The van der Waals surface area contributed by atoms with E-state index in [1.54, 1.807) is 0 Å². The van der Waals surface area contributed by atoms with Crippen molar-refractivity contribution < 1.29 is 14.7 Å². The standard InChI is InChI=1S/C10H18N2O3S/c1-7(2)3-11-4-8(13)5-12-9(14)6-16-10(12)15/h7-8,11,13H,3-6H2,1-2H3. The van der Waals surface area contributed by atoms with E-state index in [9.17, 15) is 14.7 Å². The van der Waals surface area contributed by atoms with E-state index in [1.807, 2.05) is 0 Å². The molecule has 0 bridgehead atoms. The van der Waals surface area contributed by atoms with Gasteiger partial charge in [-0.25, -0.2) is 0 Å². The summed E-state index contributed by atoms with van der Waals surface area (Å²) in [6.45, 7) is 5.45. The first-order valence-corrected chi connectivity index (χ1v) is 6.35. The van der Waals surface area contributed by atoms with E-state index in [0.717, 1.165) is 23.2 Å². The molecule has 0 radical (unpaired) electrons. The molecule has 1 atom stereocenters. The molecule has 0 aromatic carbocycles. The topological polar surface area (TPSA) is 69.6 Å². The van der Waals surface area contributed by atoms with Crippen molar-refractivity contribution in [2.75, 3.05) is 25.4 Å². The third-order valence-electron chi connectivity index (χ3n) is 2.17. The molecule has 1 unspecified atom stereocenters. The molecule has 2 amide bonds. The van der Waals surface area contributed by atoms with Crippen LogP contribution in [0.4, 0.5) is 4.79 Å². The molecule has 2 N–H and O–H groups in total. The quantitative estimate of drug-likeness (QED) is 0.705. The first kappa shape index (κ1) is 13.5. The van der Waals surface area contributed by atoms with Crippen LogP contribution in [-0.4, -0.2) is 52.6 Å². The lowest BCUT2D eigenvalue weighted by Gasteiger charge is -2.18. The molecule has 1 saturated heterocycles. The van der Waals surface area contributed by atoms with Crippen LogP contribution >= 0.6 is 11.8 Å². The first-order valence-electron chi connectivity index (χ1n) is 5.36. The fourth-order valence-electron chi connectivity index (χ4n) is 1.37. The van der Waals surface area contributed by atoms with Crippen molar-refractivity contribution in [1.82, 2.24) is 10.2 Å². The molecule has 5 nitrogen and oxygen atoms in total. The van der Waals surface area contributed by atoms with Crippen LogP contribution in [0.2, 0.25) is 0 Å². The van der Waals surface area contributed by atoms with Gasteiger partial charge >= 0.3 is 0 Å². The van der Waals surface area contributed by atoms with Crippen LogP contribution in [0.15, 0.2) is 0 Å². The van der Waals surface area contributed by atoms with Crippen molar-refractivity contribution in [2.45, 2.75) is 20.0 Å². The van der Waals surface area contributed by atoms with Crippen molar-refractivity contribution in [1.29, 1.82) is 0 Å². The van der Waals surface area contributed by atoms with Gasteiger partial charge in [0.05, 0.1) is 18.4 Å². The normalized spacial score (nSPS) is 18.6. The predicted octanol–water partition coefficient (Wildman–Crippen LogP) is 0.288. The Labute approximate surface area is 99.6 Å². The Bertz CT molecular complexity index is 255. The summed E-state index contributed by atoms with van der Waals surface area (Å²) in [5, 5.41) is 12.5. The molecule has 1 fully saturated rings. The Morgan fingerprint density at radius 2 is 2.12 bits per heavy atom. The van der Waals surface area contributed by atoms with Crippen LogP contribution in [0.25, 0.3) is 0 Å². The number of hydrogen-bond donors (Lipinski definition) is 2. The predicted molar refractivity (Wildman–Crippen MR) is 63.3 cm³/mol. The number of aliphatic hydroxyl groups is 1. The van der Waals surface area contributed by atoms with Gasteiger partial charge in [-0.15, -0.1) is 0 Å². The Morgan fingerprint density at radius 1 is 1.44 bits per heavy atom. The van der Waals surface area contributed by atoms with Gasteiger partial charge in [-0.05, 0) is 12.5 Å². The molecule has 0 spiro atoms. The van der Waals surface area contributed by atoms with Gasteiger partial charge in [-0.2, -0.15) is 0 Å². The molecule has 6 heteroatoms. The van der Waals surface area contributed by atoms with Crippen LogP contribution in [-0.2, 0) is 4.79 Å². The van der Waals surface area contributed by atoms with E-state index in [4.69, 9.17) is 0 Å². The number of thioether (sulfide) groups is 1. The number of amides is 2. The maximum absolute atomic E-state index is 11.3. The lowest BCUT2D eigenvalue weighted by molar-refractivity contribution is -0.125. The number of imide groups is 1. The Kier molecular flexibility index (Phi) is 5.24. The van der Waals surface area contributed by atoms with E-state index >= 15 is 0 Å². The number of aliphatic hydroxyl groups excluding tert-OH is 1. The zero-order valence-electron chi connectivity index (χ0n) is 9.60. The number of β-amino-alcohol motifs (C(OH)–C–C–N with tert-alkyl or cyclic N) is 1. The van der Waals surface area contributed by atoms with Crippen LogP contribution in [0.3, 0.4) is 0 Å². The average Bonchev–Trinajstić information content (AvgIpc) is 2.49. The molecule has 1 heterocycles. The van der Waals surface area contributed by atoms with E-state index in [-0.39, 0.29) is 23.4 Å². The molecule has 0 aromatic rings. The van der Waals surface area contributed by atoms with Crippen LogP contribution in [0.1, 0.15) is 13.8 Å². The second-order valence-electron chi connectivity index (χ2n) is 4.26. The number of rotatable bonds is 6. The summed E-state index contributed by atoms with van der Waals surface area (Å²) in [4.78, 5) is 23.6. The molecular formula is C10H18N2O3S. The summed E-state index contributed by atoms with van der Waals surface area (Å²) in [7, 11) is 0. The van der Waals surface area contributed by atoms with E-state index in [1.165, 1.54) is 0 Å². The number of hydrogen-bond acceptors (Lipinski definition) is 5. The van der Waals surface area contributed by atoms with Crippen LogP contribution in [0, 0.1) is 5.92 Å². The van der Waals surface area contributed by atoms with Crippen molar-refractivity contribution >= 4 is 22.9 Å². The molecule has 1 rings (SSSR count). The maximum atomic E-state index is 11.3. The lowest BCUT2D eigenvalue weighted by atomic mass is 10.2. The smallest absolute Gasteiger partial charge is 0.288 e. The van der Waals surface area contributed by atoms with Gasteiger partial charge in [0.15, 0.2) is 0 Å². The fraction of sp³-hybridized carbons (Fsp3) is 0.800. The summed E-state index contributed by atoms with van der Waals surface area (Å²) in [6.07, 6.45) is -0.689. The molecular weight excluding hydrogens is 228 g/mol. The summed E-state index contributed by atoms with van der Waals surface area (Å²) < 4.78 is 0. The fourth-order valence-corrected chi connectivity index (χ4v) is 2.11. The SMILES string of the molecule is CC(C)CNCC(O)CN1C(=O)CSC1=O. The van der Waals surface area contributed by atoms with Crippen molar-refractivity contribution in [3.05, 3.63) is 0 Å². The highest BCUT2D eigenvalue weighted by Crippen LogP contribution is 2.18. The third kappa shape index (κ3) is 4.11. The summed E-state index contributed by atoms with van der Waals surface area (Å²) in [5.74, 6) is 0.501. The highest BCUT2D eigenvalue weighted by atomic mass is 32.2.